The van der Waals surface area contributed by atoms with Crippen molar-refractivity contribution in [1.29, 1.82) is 0 Å². The van der Waals surface area contributed by atoms with Crippen molar-refractivity contribution in [2.45, 2.75) is 65.9 Å². The van der Waals surface area contributed by atoms with E-state index in [-0.39, 0.29) is 24.2 Å². The Morgan fingerprint density at radius 1 is 0.936 bits per heavy atom. The lowest BCUT2D eigenvalue weighted by Crippen LogP contribution is -2.50. The van der Waals surface area contributed by atoms with Crippen LogP contribution in [0.25, 0.3) is 11.1 Å². The van der Waals surface area contributed by atoms with Gasteiger partial charge in [-0.15, -0.1) is 0 Å². The van der Waals surface area contributed by atoms with E-state index in [2.05, 4.69) is 20.6 Å². The van der Waals surface area contributed by atoms with Crippen LogP contribution < -0.4 is 15.5 Å². The van der Waals surface area contributed by atoms with Gasteiger partial charge in [0.15, 0.2) is 0 Å². The largest absolute Gasteiger partial charge is 0.444 e. The minimum atomic E-state index is -4.55. The molecule has 4 rings (SSSR count). The van der Waals surface area contributed by atoms with Gasteiger partial charge in [0.05, 0.1) is 11.6 Å². The van der Waals surface area contributed by atoms with Gasteiger partial charge in [0, 0.05) is 44.8 Å². The molecular weight excluding hydrogens is 613 g/mol. The second-order valence-corrected chi connectivity index (χ2v) is 12.7. The van der Waals surface area contributed by atoms with Gasteiger partial charge < -0.3 is 25.2 Å². The first-order valence-corrected chi connectivity index (χ1v) is 15.5. The molecule has 1 aliphatic heterocycles. The predicted molar refractivity (Wildman–Crippen MR) is 171 cm³/mol. The van der Waals surface area contributed by atoms with Gasteiger partial charge in [-0.05, 0) is 68.1 Å². The Balaban J connectivity index is 1.45. The number of alkyl halides is 3. The highest BCUT2D eigenvalue weighted by Gasteiger charge is 2.31. The van der Waals surface area contributed by atoms with Gasteiger partial charge in [-0.2, -0.15) is 13.2 Å². The fourth-order valence-electron chi connectivity index (χ4n) is 5.11. The number of anilines is 1. The molecule has 0 aliphatic carbocycles. The minimum absolute atomic E-state index is 0.00208. The summed E-state index contributed by atoms with van der Waals surface area (Å²) >= 11 is 0. The molecule has 3 aromatic rings. The molecule has 10 nitrogen and oxygen atoms in total. The standard InChI is InChI=1S/C34H41F3N6O4/c1-21(2)31(45)43-17-15-42(16-18-43)28-13-14-38-29(41-28)30(44)40-22(3)23-7-9-24(10-8-23)27-19-26(34(35,36)37)12-11-25(27)20-39-32(46)47-33(4,5)6/h7-14,19,21-22H,15-18,20H2,1-6H3,(H,39,46)(H,40,44)/t22-/m1/s1. The quantitative estimate of drug-likeness (QED) is 0.307. The van der Waals surface area contributed by atoms with Gasteiger partial charge in [0.25, 0.3) is 5.91 Å². The predicted octanol–water partition coefficient (Wildman–Crippen LogP) is 5.98. The number of nitrogens with one attached hydrogen (secondary N) is 2. The molecule has 1 aromatic heterocycles. The van der Waals surface area contributed by atoms with Crippen LogP contribution in [0, 0.1) is 5.92 Å². The molecule has 1 saturated heterocycles. The van der Waals surface area contributed by atoms with E-state index < -0.39 is 35.4 Å². The van der Waals surface area contributed by atoms with Crippen molar-refractivity contribution in [3.8, 4) is 11.1 Å². The number of aromatic nitrogens is 2. The lowest BCUT2D eigenvalue weighted by atomic mass is 9.95. The van der Waals surface area contributed by atoms with Crippen LogP contribution in [-0.2, 0) is 22.3 Å². The van der Waals surface area contributed by atoms with Crippen molar-refractivity contribution in [1.82, 2.24) is 25.5 Å². The molecule has 2 heterocycles. The van der Waals surface area contributed by atoms with Crippen molar-refractivity contribution in [2.75, 3.05) is 31.1 Å². The van der Waals surface area contributed by atoms with Gasteiger partial charge in [-0.25, -0.2) is 14.8 Å². The van der Waals surface area contributed by atoms with Gasteiger partial charge in [-0.3, -0.25) is 9.59 Å². The number of ether oxygens (including phenoxy) is 1. The molecule has 2 aromatic carbocycles. The molecule has 13 heteroatoms. The van der Waals surface area contributed by atoms with E-state index in [1.54, 1.807) is 58.0 Å². The Labute approximate surface area is 272 Å². The maximum Gasteiger partial charge on any atom is 0.416 e. The SMILES string of the molecule is CC(C)C(=O)N1CCN(c2ccnc(C(=O)N[C@H](C)c3ccc(-c4cc(C(F)(F)F)ccc4CNC(=O)OC(C)(C)C)cc3)n2)CC1. The van der Waals surface area contributed by atoms with E-state index in [1.165, 1.54) is 12.3 Å². The number of piperazine rings is 1. The van der Waals surface area contributed by atoms with Crippen LogP contribution in [0.5, 0.6) is 0 Å². The summed E-state index contributed by atoms with van der Waals surface area (Å²) in [6.45, 7) is 12.9. The fourth-order valence-corrected chi connectivity index (χ4v) is 5.11. The average molecular weight is 655 g/mol. The molecule has 0 radical (unpaired) electrons. The average Bonchev–Trinajstić information content (AvgIpc) is 3.02. The summed E-state index contributed by atoms with van der Waals surface area (Å²) in [4.78, 5) is 50.1. The van der Waals surface area contributed by atoms with Crippen LogP contribution in [0.4, 0.5) is 23.8 Å². The molecule has 3 amide bonds. The highest BCUT2D eigenvalue weighted by molar-refractivity contribution is 5.91. The number of hydrogen-bond acceptors (Lipinski definition) is 7. The minimum Gasteiger partial charge on any atom is -0.444 e. The molecule has 0 spiro atoms. The topological polar surface area (TPSA) is 117 Å². The van der Waals surface area contributed by atoms with E-state index >= 15 is 0 Å². The number of hydrogen-bond donors (Lipinski definition) is 2. The number of nitrogens with zero attached hydrogens (tertiary/aromatic N) is 4. The normalized spacial score (nSPS) is 14.5. The highest BCUT2D eigenvalue weighted by Crippen LogP contribution is 2.34. The lowest BCUT2D eigenvalue weighted by molar-refractivity contribution is -0.137. The Hall–Kier alpha value is -4.68. The van der Waals surface area contributed by atoms with Crippen molar-refractivity contribution in [3.05, 3.63) is 77.2 Å². The van der Waals surface area contributed by atoms with Crippen LogP contribution in [0.1, 0.15) is 74.9 Å². The van der Waals surface area contributed by atoms with E-state index in [9.17, 15) is 27.6 Å². The van der Waals surface area contributed by atoms with Crippen molar-refractivity contribution in [3.63, 3.8) is 0 Å². The molecule has 1 fully saturated rings. The molecule has 0 unspecified atom stereocenters. The number of benzene rings is 2. The number of amides is 3. The third-order valence-electron chi connectivity index (χ3n) is 7.58. The van der Waals surface area contributed by atoms with Gasteiger partial charge in [-0.1, -0.05) is 44.2 Å². The summed E-state index contributed by atoms with van der Waals surface area (Å²) in [6, 6.07) is 11.4. The zero-order chi connectivity index (χ0) is 34.5. The number of alkyl carbamates (subject to hydrolysis) is 1. The van der Waals surface area contributed by atoms with Crippen LogP contribution >= 0.6 is 0 Å². The van der Waals surface area contributed by atoms with Gasteiger partial charge in [0.2, 0.25) is 11.7 Å². The van der Waals surface area contributed by atoms with Crippen molar-refractivity contribution >= 4 is 23.7 Å². The second kappa shape index (κ2) is 14.4. The van der Waals surface area contributed by atoms with Crippen LogP contribution in [-0.4, -0.2) is 64.6 Å². The summed E-state index contributed by atoms with van der Waals surface area (Å²) in [6.07, 6.45) is -3.71. The van der Waals surface area contributed by atoms with E-state index in [4.69, 9.17) is 4.74 Å². The molecular formula is C34H41F3N6O4. The molecule has 0 saturated carbocycles. The van der Waals surface area contributed by atoms with Crippen LogP contribution in [0.3, 0.4) is 0 Å². The summed E-state index contributed by atoms with van der Waals surface area (Å²) in [5.41, 5.74) is 0.457. The third-order valence-corrected chi connectivity index (χ3v) is 7.58. The van der Waals surface area contributed by atoms with E-state index in [0.29, 0.717) is 54.3 Å². The summed E-state index contributed by atoms with van der Waals surface area (Å²) in [5, 5.41) is 5.49. The van der Waals surface area contributed by atoms with Crippen LogP contribution in [0.2, 0.25) is 0 Å². The number of halogens is 3. The zero-order valence-electron chi connectivity index (χ0n) is 27.4. The maximum absolute atomic E-state index is 13.6. The van der Waals surface area contributed by atoms with E-state index in [1.807, 2.05) is 23.6 Å². The van der Waals surface area contributed by atoms with Crippen molar-refractivity contribution in [2.24, 2.45) is 5.92 Å². The monoisotopic (exact) mass is 654 g/mol. The number of rotatable bonds is 8. The van der Waals surface area contributed by atoms with Crippen molar-refractivity contribution < 1.29 is 32.3 Å². The number of carbonyl (C=O) groups excluding carboxylic acids is 3. The van der Waals surface area contributed by atoms with Gasteiger partial charge in [0.1, 0.15) is 11.4 Å². The van der Waals surface area contributed by atoms with E-state index in [0.717, 1.165) is 12.1 Å². The molecule has 47 heavy (non-hydrogen) atoms. The Morgan fingerprint density at radius 3 is 2.19 bits per heavy atom. The summed E-state index contributed by atoms with van der Waals surface area (Å²) < 4.78 is 46.0. The first-order chi connectivity index (χ1) is 22.0. The maximum atomic E-state index is 13.6. The molecule has 0 bridgehead atoms. The Bertz CT molecular complexity index is 1580. The third kappa shape index (κ3) is 9.43. The lowest BCUT2D eigenvalue weighted by Gasteiger charge is -2.36. The number of carbonyl (C=O) groups is 3. The van der Waals surface area contributed by atoms with Gasteiger partial charge >= 0.3 is 12.3 Å². The Morgan fingerprint density at radius 2 is 1.60 bits per heavy atom. The zero-order valence-corrected chi connectivity index (χ0v) is 27.4. The first kappa shape index (κ1) is 35.2. The summed E-state index contributed by atoms with van der Waals surface area (Å²) in [7, 11) is 0. The van der Waals surface area contributed by atoms with Crippen LogP contribution in [0.15, 0.2) is 54.7 Å². The molecule has 1 aliphatic rings. The highest BCUT2D eigenvalue weighted by atomic mass is 19.4. The Kier molecular flexibility index (Phi) is 10.8. The summed E-state index contributed by atoms with van der Waals surface area (Å²) in [5.74, 6) is 0.153. The molecule has 252 valence electrons. The second-order valence-electron chi connectivity index (χ2n) is 12.7. The fraction of sp³-hybridized carbons (Fsp3) is 0.441. The first-order valence-electron chi connectivity index (χ1n) is 15.5. The molecule has 1 atom stereocenters. The smallest absolute Gasteiger partial charge is 0.416 e. The molecule has 2 N–H and O–H groups in total.